The molecular formula is C33H36N2O13. The molecule has 5 atom stereocenters. The number of phenolic OH excluding ortho intramolecular Hbond substituents is 1. The molecule has 0 amide bonds. The Hall–Kier alpha value is -4.80. The topological polar surface area (TPSA) is 247 Å². The Morgan fingerprint density at radius 2 is 1.73 bits per heavy atom. The fourth-order valence-electron chi connectivity index (χ4n) is 5.86. The van der Waals surface area contributed by atoms with Crippen molar-refractivity contribution in [3.05, 3.63) is 64.4 Å². The zero-order valence-electron chi connectivity index (χ0n) is 25.6. The number of anilines is 1. The number of nitrogens with two attached hydrogens (primary N) is 1. The minimum atomic E-state index is -1.98. The zero-order chi connectivity index (χ0) is 34.2. The number of carboxylic acid groups (broad SMARTS) is 1. The molecule has 1 aliphatic carbocycles. The van der Waals surface area contributed by atoms with E-state index in [0.29, 0.717) is 43.0 Å². The number of aromatic nitrogens is 1. The molecule has 2 aromatic heterocycles. The number of aromatic amines is 1. The van der Waals surface area contributed by atoms with Gasteiger partial charge in [0.15, 0.2) is 23.0 Å². The van der Waals surface area contributed by atoms with E-state index in [0.717, 1.165) is 18.2 Å². The molecule has 256 valence electrons. The standard InChI is InChI=1S/C33H36N2O13/c34-23-9-6-17(35-23)10-13-44-18-7-4-16(5-8-18)20-14-19(36)24-21(45-20)15-22(29(25(24)37)48-33(43)11-2-1-3-12-33)46-32-28(40)26(38)27(39)30(47-32)31(41)42/h4-9,14-15,26-28,30,32,35,37-40,43H,1-3,10-13,34H2,(H,41,42). The number of carbonyl (C=O) groups is 1. The van der Waals surface area contributed by atoms with Gasteiger partial charge in [0.1, 0.15) is 46.6 Å². The summed E-state index contributed by atoms with van der Waals surface area (Å²) in [6, 6.07) is 12.7. The number of aliphatic hydroxyl groups excluding tert-OH is 3. The fourth-order valence-corrected chi connectivity index (χ4v) is 5.86. The maximum atomic E-state index is 13.4. The summed E-state index contributed by atoms with van der Waals surface area (Å²) in [5.74, 6) is -3.76. The van der Waals surface area contributed by atoms with Crippen LogP contribution >= 0.6 is 0 Å². The number of carboxylic acids is 1. The molecule has 0 bridgehead atoms. The van der Waals surface area contributed by atoms with Gasteiger partial charge in [0, 0.05) is 42.7 Å². The van der Waals surface area contributed by atoms with Gasteiger partial charge in [-0.2, -0.15) is 0 Å². The van der Waals surface area contributed by atoms with E-state index in [1.165, 1.54) is 6.07 Å². The SMILES string of the molecule is Nc1ccc(CCOc2ccc(-c3cc(=O)c4c(O)c(OC5(O)CCCCC5)c(OC5OC(C(=O)O)C(O)C(O)C5O)cc4o3)cc2)[nH]1. The summed E-state index contributed by atoms with van der Waals surface area (Å²) in [4.78, 5) is 28.1. The van der Waals surface area contributed by atoms with Crippen LogP contribution in [0.25, 0.3) is 22.3 Å². The van der Waals surface area contributed by atoms with Gasteiger partial charge in [-0.05, 0) is 49.2 Å². The summed E-state index contributed by atoms with van der Waals surface area (Å²) in [6.07, 6.45) is -6.67. The van der Waals surface area contributed by atoms with Crippen molar-refractivity contribution in [2.75, 3.05) is 12.3 Å². The largest absolute Gasteiger partial charge is 0.504 e. The third-order valence-electron chi connectivity index (χ3n) is 8.44. The van der Waals surface area contributed by atoms with Gasteiger partial charge in [-0.15, -0.1) is 0 Å². The predicted molar refractivity (Wildman–Crippen MR) is 168 cm³/mol. The van der Waals surface area contributed by atoms with Crippen molar-refractivity contribution in [3.63, 3.8) is 0 Å². The second-order valence-corrected chi connectivity index (χ2v) is 11.9. The number of aromatic hydroxyl groups is 1. The van der Waals surface area contributed by atoms with Gasteiger partial charge in [0.05, 0.1) is 6.61 Å². The number of nitrogens with one attached hydrogen (secondary N) is 1. The van der Waals surface area contributed by atoms with E-state index in [4.69, 9.17) is 29.1 Å². The van der Waals surface area contributed by atoms with Crippen molar-refractivity contribution in [2.45, 2.75) is 75.0 Å². The summed E-state index contributed by atoms with van der Waals surface area (Å²) < 4.78 is 28.7. The van der Waals surface area contributed by atoms with Gasteiger partial charge in [0.2, 0.25) is 17.8 Å². The Morgan fingerprint density at radius 1 is 1.00 bits per heavy atom. The molecule has 9 N–H and O–H groups in total. The Kier molecular flexibility index (Phi) is 9.22. The van der Waals surface area contributed by atoms with Crippen molar-refractivity contribution < 1.29 is 58.8 Å². The highest BCUT2D eigenvalue weighted by Crippen LogP contribution is 2.46. The fraction of sp³-hybridized carbons (Fsp3) is 0.394. The van der Waals surface area contributed by atoms with Crippen LogP contribution in [0.2, 0.25) is 0 Å². The number of phenols is 1. The van der Waals surface area contributed by atoms with Gasteiger partial charge >= 0.3 is 5.97 Å². The molecule has 1 saturated heterocycles. The molecule has 1 saturated carbocycles. The average molecular weight is 669 g/mol. The molecule has 5 unspecified atom stereocenters. The van der Waals surface area contributed by atoms with Crippen LogP contribution in [0.4, 0.5) is 5.82 Å². The summed E-state index contributed by atoms with van der Waals surface area (Å²) >= 11 is 0. The van der Waals surface area contributed by atoms with Crippen molar-refractivity contribution >= 4 is 22.8 Å². The molecular weight excluding hydrogens is 632 g/mol. The molecule has 3 heterocycles. The van der Waals surface area contributed by atoms with Gasteiger partial charge in [-0.3, -0.25) is 4.79 Å². The lowest BCUT2D eigenvalue weighted by Gasteiger charge is -2.39. The van der Waals surface area contributed by atoms with Crippen LogP contribution in [-0.4, -0.2) is 84.7 Å². The number of benzene rings is 2. The Morgan fingerprint density at radius 3 is 2.40 bits per heavy atom. The van der Waals surface area contributed by atoms with E-state index in [1.54, 1.807) is 30.3 Å². The first-order chi connectivity index (χ1) is 22.9. The lowest BCUT2D eigenvalue weighted by molar-refractivity contribution is -0.271. The van der Waals surface area contributed by atoms with E-state index < -0.39 is 65.1 Å². The first kappa shape index (κ1) is 33.1. The first-order valence-corrected chi connectivity index (χ1v) is 15.4. The number of aliphatic hydroxyl groups is 4. The number of nitrogen functional groups attached to an aromatic ring is 1. The Bertz CT molecular complexity index is 1830. The summed E-state index contributed by atoms with van der Waals surface area (Å²) in [7, 11) is 0. The Balaban J connectivity index is 1.33. The van der Waals surface area contributed by atoms with E-state index >= 15 is 0 Å². The molecule has 15 nitrogen and oxygen atoms in total. The maximum Gasteiger partial charge on any atom is 0.335 e. The summed E-state index contributed by atoms with van der Waals surface area (Å²) in [5, 5.41) is 62.7. The van der Waals surface area contributed by atoms with Gasteiger partial charge in [-0.25, -0.2) is 4.79 Å². The molecule has 2 fully saturated rings. The molecule has 6 rings (SSSR count). The van der Waals surface area contributed by atoms with Crippen molar-refractivity contribution in [2.24, 2.45) is 0 Å². The smallest absolute Gasteiger partial charge is 0.335 e. The predicted octanol–water partition coefficient (Wildman–Crippen LogP) is 2.00. The van der Waals surface area contributed by atoms with Crippen LogP contribution in [-0.2, 0) is 16.0 Å². The van der Waals surface area contributed by atoms with Crippen LogP contribution in [0, 0.1) is 0 Å². The van der Waals surface area contributed by atoms with Crippen LogP contribution in [0.1, 0.15) is 37.8 Å². The van der Waals surface area contributed by atoms with Crippen molar-refractivity contribution in [1.29, 1.82) is 0 Å². The molecule has 4 aromatic rings. The maximum absolute atomic E-state index is 13.4. The van der Waals surface area contributed by atoms with Crippen molar-refractivity contribution in [3.8, 4) is 34.3 Å². The lowest BCUT2D eigenvalue weighted by atomic mass is 9.94. The van der Waals surface area contributed by atoms with Crippen LogP contribution < -0.4 is 25.4 Å². The number of fused-ring (bicyclic) bond motifs is 1. The van der Waals surface area contributed by atoms with Crippen LogP contribution in [0.15, 0.2) is 57.7 Å². The summed E-state index contributed by atoms with van der Waals surface area (Å²) in [5.41, 5.74) is 6.28. The molecule has 2 aromatic carbocycles. The molecule has 48 heavy (non-hydrogen) atoms. The normalized spacial score (nSPS) is 23.9. The zero-order valence-corrected chi connectivity index (χ0v) is 25.6. The second kappa shape index (κ2) is 13.4. The highest BCUT2D eigenvalue weighted by Gasteiger charge is 2.48. The van der Waals surface area contributed by atoms with E-state index in [9.17, 15) is 40.2 Å². The third-order valence-corrected chi connectivity index (χ3v) is 8.44. The summed E-state index contributed by atoms with van der Waals surface area (Å²) in [6.45, 7) is 0.383. The van der Waals surface area contributed by atoms with Gasteiger partial charge in [0.25, 0.3) is 0 Å². The molecule has 0 radical (unpaired) electrons. The van der Waals surface area contributed by atoms with Gasteiger partial charge in [-0.1, -0.05) is 6.42 Å². The molecule has 2 aliphatic rings. The highest BCUT2D eigenvalue weighted by atomic mass is 16.7. The molecule has 15 heteroatoms. The minimum absolute atomic E-state index is 0.115. The highest BCUT2D eigenvalue weighted by molar-refractivity contribution is 5.89. The van der Waals surface area contributed by atoms with E-state index in [-0.39, 0.29) is 29.6 Å². The van der Waals surface area contributed by atoms with E-state index in [2.05, 4.69) is 4.98 Å². The second-order valence-electron chi connectivity index (χ2n) is 11.9. The number of hydrogen-bond acceptors (Lipinski definition) is 13. The van der Waals surface area contributed by atoms with Crippen LogP contribution in [0.3, 0.4) is 0 Å². The number of H-pyrrole nitrogens is 1. The third kappa shape index (κ3) is 6.77. The quantitative estimate of drug-likeness (QED) is 0.113. The number of hydrogen-bond donors (Lipinski definition) is 8. The molecule has 0 spiro atoms. The number of ether oxygens (including phenoxy) is 4. The number of aliphatic carboxylic acids is 1. The average Bonchev–Trinajstić information content (AvgIpc) is 3.47. The number of rotatable bonds is 10. The molecule has 1 aliphatic heterocycles. The minimum Gasteiger partial charge on any atom is -0.504 e. The van der Waals surface area contributed by atoms with E-state index in [1.807, 2.05) is 6.07 Å². The Labute approximate surface area is 272 Å². The lowest BCUT2D eigenvalue weighted by Crippen LogP contribution is -2.61. The first-order valence-electron chi connectivity index (χ1n) is 15.4. The van der Waals surface area contributed by atoms with Crippen LogP contribution in [0.5, 0.6) is 23.0 Å². The monoisotopic (exact) mass is 668 g/mol. The van der Waals surface area contributed by atoms with Crippen molar-refractivity contribution in [1.82, 2.24) is 4.98 Å². The van der Waals surface area contributed by atoms with Gasteiger partial charge < -0.3 is 64.7 Å².